The van der Waals surface area contributed by atoms with E-state index in [9.17, 15) is 34.8 Å². The Morgan fingerprint density at radius 1 is 1.13 bits per heavy atom. The number of nitrogens with one attached hydrogen (secondary N) is 1. The van der Waals surface area contributed by atoms with E-state index in [4.69, 9.17) is 5.73 Å². The molecule has 2 aromatic carbocycles. The third-order valence-electron chi connectivity index (χ3n) is 4.88. The van der Waals surface area contributed by atoms with Crippen molar-refractivity contribution < 1.29 is 34.8 Å². The van der Waals surface area contributed by atoms with Gasteiger partial charge in [0.2, 0.25) is 0 Å². The Kier molecular flexibility index (Phi) is 5.45. The quantitative estimate of drug-likeness (QED) is 0.394. The Morgan fingerprint density at radius 2 is 1.71 bits per heavy atom. The number of carboxylic acid groups (broad SMARTS) is 1. The van der Waals surface area contributed by atoms with Gasteiger partial charge in [-0.15, -0.1) is 0 Å². The predicted molar refractivity (Wildman–Crippen MR) is 109 cm³/mol. The number of nitrogens with zero attached hydrogens (tertiary/aromatic N) is 2. The summed E-state index contributed by atoms with van der Waals surface area (Å²) in [6.07, 6.45) is -0.698. The van der Waals surface area contributed by atoms with Gasteiger partial charge in [0.25, 0.3) is 5.91 Å². The normalized spacial score (nSPS) is 21.5. The second-order valence-electron chi connectivity index (χ2n) is 6.84. The summed E-state index contributed by atoms with van der Waals surface area (Å²) in [6, 6.07) is 9.58. The Labute approximate surface area is 176 Å². The number of carbonyl (C=O) groups is 3. The topological polar surface area (TPSA) is 177 Å². The third-order valence-corrected chi connectivity index (χ3v) is 4.88. The molecule has 1 heterocycles. The Morgan fingerprint density at radius 3 is 2.26 bits per heavy atom. The lowest BCUT2D eigenvalue weighted by molar-refractivity contribution is -0.134. The van der Waals surface area contributed by atoms with E-state index in [0.29, 0.717) is 5.69 Å². The number of phenolic OH excluding ortho intramolecular Hbond substituents is 3. The van der Waals surface area contributed by atoms with Crippen molar-refractivity contribution in [3.05, 3.63) is 54.1 Å². The van der Waals surface area contributed by atoms with Crippen molar-refractivity contribution in [2.24, 2.45) is 5.73 Å². The van der Waals surface area contributed by atoms with Gasteiger partial charge in [-0.2, -0.15) is 0 Å². The molecule has 0 saturated carbocycles. The number of benzene rings is 2. The lowest BCUT2D eigenvalue weighted by Gasteiger charge is -2.47. The molecule has 31 heavy (non-hydrogen) atoms. The van der Waals surface area contributed by atoms with Crippen molar-refractivity contribution in [1.29, 1.82) is 0 Å². The van der Waals surface area contributed by atoms with Gasteiger partial charge in [-0.3, -0.25) is 14.6 Å². The van der Waals surface area contributed by atoms with E-state index in [0.717, 1.165) is 28.0 Å². The first kappa shape index (κ1) is 21.5. The second kappa shape index (κ2) is 7.88. The van der Waals surface area contributed by atoms with Crippen LogP contribution in [0, 0.1) is 0 Å². The lowest BCUT2D eigenvalue weighted by Crippen LogP contribution is -2.78. The number of phenols is 3. The second-order valence-corrected chi connectivity index (χ2v) is 6.84. The van der Waals surface area contributed by atoms with Crippen LogP contribution in [0.4, 0.5) is 15.3 Å². The average Bonchev–Trinajstić information content (AvgIpc) is 2.73. The summed E-state index contributed by atoms with van der Waals surface area (Å²) in [5, 5.41) is 40.4. The lowest BCUT2D eigenvalue weighted by atomic mass is 9.89. The van der Waals surface area contributed by atoms with E-state index in [-0.39, 0.29) is 5.56 Å². The van der Waals surface area contributed by atoms with E-state index in [1.165, 1.54) is 13.1 Å². The molecule has 162 valence electrons. The van der Waals surface area contributed by atoms with Gasteiger partial charge in [0.05, 0.1) is 0 Å². The summed E-state index contributed by atoms with van der Waals surface area (Å²) >= 11 is 0. The van der Waals surface area contributed by atoms with Gasteiger partial charge in [0, 0.05) is 12.7 Å². The molecule has 11 heteroatoms. The van der Waals surface area contributed by atoms with Crippen LogP contribution < -0.4 is 16.0 Å². The fourth-order valence-corrected chi connectivity index (χ4v) is 3.30. The zero-order valence-electron chi connectivity index (χ0n) is 16.3. The largest absolute Gasteiger partial charge is 0.504 e. The maximum absolute atomic E-state index is 13.1. The van der Waals surface area contributed by atoms with Gasteiger partial charge < -0.3 is 31.5 Å². The summed E-state index contributed by atoms with van der Waals surface area (Å²) < 4.78 is 0. The van der Waals surface area contributed by atoms with Gasteiger partial charge >= 0.3 is 12.1 Å². The Bertz CT molecular complexity index is 1050. The van der Waals surface area contributed by atoms with E-state index in [1.807, 2.05) is 0 Å². The number of amides is 4. The predicted octanol–water partition coefficient (Wildman–Crippen LogP) is 1.21. The molecule has 1 aliphatic heterocycles. The number of likely N-dealkylation sites (N-methyl/N-ethyl adjacent to an activating group) is 1. The highest BCUT2D eigenvalue weighted by Crippen LogP contribution is 2.36. The van der Waals surface area contributed by atoms with Crippen LogP contribution in [0.5, 0.6) is 17.2 Å². The number of rotatable bonds is 4. The summed E-state index contributed by atoms with van der Waals surface area (Å²) in [5.41, 5.74) is 4.63. The van der Waals surface area contributed by atoms with E-state index < -0.39 is 47.0 Å². The first-order valence-electron chi connectivity index (χ1n) is 8.95. The standard InChI is InChI=1S/C20H20N4O7/c1-23-17(28)20(22-18(29)30,8-7-11-9-13(25)15(27)14(26)10-11)16(21)24(19(23)31)12-5-3-2-4-6-12/h2-10,16,22,25-27H,21H2,1H3,(H,29,30). The molecule has 1 saturated heterocycles. The molecule has 0 radical (unpaired) electrons. The zero-order chi connectivity index (χ0) is 22.9. The Balaban J connectivity index is 2.14. The minimum Gasteiger partial charge on any atom is -0.504 e. The number of hydrogen-bond donors (Lipinski definition) is 6. The molecule has 3 rings (SSSR count). The number of urea groups is 1. The first-order valence-corrected chi connectivity index (χ1v) is 8.95. The number of imide groups is 1. The third kappa shape index (κ3) is 3.69. The van der Waals surface area contributed by atoms with Crippen LogP contribution >= 0.6 is 0 Å². The molecular weight excluding hydrogens is 408 g/mol. The maximum Gasteiger partial charge on any atom is 0.405 e. The molecular formula is C20H20N4O7. The number of anilines is 1. The first-order chi connectivity index (χ1) is 14.6. The van der Waals surface area contributed by atoms with E-state index in [2.05, 4.69) is 5.32 Å². The zero-order valence-corrected chi connectivity index (χ0v) is 16.3. The van der Waals surface area contributed by atoms with Crippen molar-refractivity contribution in [2.75, 3.05) is 11.9 Å². The van der Waals surface area contributed by atoms with E-state index in [1.54, 1.807) is 30.3 Å². The average molecular weight is 428 g/mol. The Hall–Kier alpha value is -4.25. The highest BCUT2D eigenvalue weighted by atomic mass is 16.4. The number of para-hydroxylation sites is 1. The van der Waals surface area contributed by atoms with Crippen molar-refractivity contribution >= 4 is 29.8 Å². The SMILES string of the molecule is CN1C(=O)N(c2ccccc2)C(N)C(C=Cc2cc(O)c(O)c(O)c2)(NC(=O)O)C1=O. The molecule has 7 N–H and O–H groups in total. The fraction of sp³-hybridized carbons (Fsp3) is 0.150. The van der Waals surface area contributed by atoms with Crippen molar-refractivity contribution in [2.45, 2.75) is 11.7 Å². The number of hydrogen-bond acceptors (Lipinski definition) is 7. The number of nitrogens with two attached hydrogens (primary N) is 1. The molecule has 1 fully saturated rings. The molecule has 2 aromatic rings. The van der Waals surface area contributed by atoms with Gasteiger partial charge in [-0.05, 0) is 35.9 Å². The molecule has 11 nitrogen and oxygen atoms in total. The van der Waals surface area contributed by atoms with E-state index >= 15 is 0 Å². The highest BCUT2D eigenvalue weighted by molar-refractivity contribution is 6.12. The molecule has 0 bridgehead atoms. The highest BCUT2D eigenvalue weighted by Gasteiger charge is 2.55. The monoisotopic (exact) mass is 428 g/mol. The molecule has 0 spiro atoms. The van der Waals surface area contributed by atoms with Crippen molar-refractivity contribution in [1.82, 2.24) is 10.2 Å². The summed E-state index contributed by atoms with van der Waals surface area (Å²) in [7, 11) is 1.19. The van der Waals surface area contributed by atoms with Gasteiger partial charge in [0.15, 0.2) is 22.8 Å². The van der Waals surface area contributed by atoms with Crippen LogP contribution in [0.25, 0.3) is 6.08 Å². The summed E-state index contributed by atoms with van der Waals surface area (Å²) in [5.74, 6) is -2.92. The van der Waals surface area contributed by atoms with Gasteiger partial charge in [-0.25, -0.2) is 9.59 Å². The van der Waals surface area contributed by atoms with Crippen LogP contribution in [-0.2, 0) is 4.79 Å². The molecule has 2 atom stereocenters. The number of carbonyl (C=O) groups excluding carboxylic acids is 2. The molecule has 0 aliphatic carbocycles. The van der Waals surface area contributed by atoms with Crippen LogP contribution in [-0.4, -0.2) is 62.1 Å². The van der Waals surface area contributed by atoms with Crippen molar-refractivity contribution in [3.63, 3.8) is 0 Å². The number of aromatic hydroxyl groups is 3. The summed E-state index contributed by atoms with van der Waals surface area (Å²) in [6.45, 7) is 0. The van der Waals surface area contributed by atoms with Gasteiger partial charge in [-0.1, -0.05) is 24.3 Å². The molecule has 4 amide bonds. The maximum atomic E-state index is 13.1. The molecule has 2 unspecified atom stereocenters. The van der Waals surface area contributed by atoms with Crippen LogP contribution in [0.15, 0.2) is 48.5 Å². The van der Waals surface area contributed by atoms with Crippen LogP contribution in [0.3, 0.4) is 0 Å². The minimum atomic E-state index is -2.10. The molecule has 1 aliphatic rings. The van der Waals surface area contributed by atoms with Crippen LogP contribution in [0.1, 0.15) is 5.56 Å². The smallest absolute Gasteiger partial charge is 0.405 e. The van der Waals surface area contributed by atoms with Gasteiger partial charge in [0.1, 0.15) is 6.17 Å². The summed E-state index contributed by atoms with van der Waals surface area (Å²) in [4.78, 5) is 39.2. The van der Waals surface area contributed by atoms with Crippen LogP contribution in [0.2, 0.25) is 0 Å². The molecule has 0 aromatic heterocycles. The van der Waals surface area contributed by atoms with Crippen molar-refractivity contribution in [3.8, 4) is 17.2 Å². The minimum absolute atomic E-state index is 0.130. The fourth-order valence-electron chi connectivity index (χ4n) is 3.30.